The van der Waals surface area contributed by atoms with Crippen molar-refractivity contribution in [3.05, 3.63) is 29.8 Å². The molecule has 1 aromatic rings. The van der Waals surface area contributed by atoms with Crippen LogP contribution in [0, 0.1) is 0 Å². The van der Waals surface area contributed by atoms with Crippen LogP contribution in [0.5, 0.6) is 0 Å². The highest BCUT2D eigenvalue weighted by Gasteiger charge is 2.40. The Morgan fingerprint density at radius 2 is 1.94 bits per heavy atom. The van der Waals surface area contributed by atoms with Crippen molar-refractivity contribution >= 4 is 21.6 Å². The molecule has 1 aliphatic heterocycles. The number of unbranched alkanes of at least 4 members (excludes halogenated alkanes) is 1. The van der Waals surface area contributed by atoms with E-state index in [9.17, 15) is 0 Å². The van der Waals surface area contributed by atoms with E-state index in [1.54, 1.807) is 0 Å². The summed E-state index contributed by atoms with van der Waals surface area (Å²) < 4.78 is 0. The van der Waals surface area contributed by atoms with Crippen LogP contribution >= 0.6 is 15.9 Å². The Kier molecular flexibility index (Phi) is 3.82. The van der Waals surface area contributed by atoms with Crippen molar-refractivity contribution in [1.29, 1.82) is 0 Å². The van der Waals surface area contributed by atoms with E-state index in [2.05, 4.69) is 65.9 Å². The molecule has 0 saturated carbocycles. The van der Waals surface area contributed by atoms with Gasteiger partial charge in [-0.2, -0.15) is 0 Å². The van der Waals surface area contributed by atoms with Gasteiger partial charge in [-0.05, 0) is 31.4 Å². The van der Waals surface area contributed by atoms with E-state index in [4.69, 9.17) is 0 Å². The molecule has 1 unspecified atom stereocenters. The molecular weight excluding hydrogens is 274 g/mol. The molecule has 0 fully saturated rings. The highest BCUT2D eigenvalue weighted by Crippen LogP contribution is 2.44. The highest BCUT2D eigenvalue weighted by molar-refractivity contribution is 9.09. The zero-order chi connectivity index (χ0) is 12.5. The number of hydrogen-bond acceptors (Lipinski definition) is 1. The first-order chi connectivity index (χ1) is 8.09. The molecular formula is C15H22BrN. The van der Waals surface area contributed by atoms with Gasteiger partial charge in [-0.25, -0.2) is 0 Å². The number of para-hydroxylation sites is 1. The predicted octanol–water partition coefficient (Wildman–Crippen LogP) is 4.35. The Morgan fingerprint density at radius 3 is 2.65 bits per heavy atom. The number of anilines is 1. The second-order valence-electron chi connectivity index (χ2n) is 5.50. The predicted molar refractivity (Wildman–Crippen MR) is 79.3 cm³/mol. The van der Waals surface area contributed by atoms with Gasteiger partial charge in [-0.3, -0.25) is 0 Å². The second kappa shape index (κ2) is 5.01. The molecule has 2 rings (SSSR count). The fourth-order valence-electron chi connectivity index (χ4n) is 2.78. The zero-order valence-electron chi connectivity index (χ0n) is 11.0. The molecule has 0 radical (unpaired) electrons. The lowest BCUT2D eigenvalue weighted by atomic mass is 9.81. The van der Waals surface area contributed by atoms with E-state index in [0.717, 1.165) is 5.33 Å². The number of fused-ring (bicyclic) bond motifs is 1. The van der Waals surface area contributed by atoms with E-state index in [1.807, 2.05) is 0 Å². The van der Waals surface area contributed by atoms with Gasteiger partial charge in [-0.1, -0.05) is 48.0 Å². The fourth-order valence-corrected chi connectivity index (χ4v) is 3.18. The van der Waals surface area contributed by atoms with Gasteiger partial charge in [0.25, 0.3) is 0 Å². The molecule has 94 valence electrons. The maximum Gasteiger partial charge on any atom is 0.0407 e. The quantitative estimate of drug-likeness (QED) is 0.590. The standard InChI is InChI=1S/C15H22BrN/c1-12-15(2,3)13-8-4-5-9-14(13)17(12)11-7-6-10-16/h4-5,8-9,12H,6-7,10-11H2,1-3H3. The molecule has 0 bridgehead atoms. The molecule has 0 amide bonds. The van der Waals surface area contributed by atoms with E-state index in [-0.39, 0.29) is 5.41 Å². The molecule has 1 atom stereocenters. The lowest BCUT2D eigenvalue weighted by molar-refractivity contribution is 0.439. The summed E-state index contributed by atoms with van der Waals surface area (Å²) in [7, 11) is 0. The van der Waals surface area contributed by atoms with Crippen molar-refractivity contribution in [1.82, 2.24) is 0 Å². The van der Waals surface area contributed by atoms with Crippen LogP contribution in [0.2, 0.25) is 0 Å². The van der Waals surface area contributed by atoms with Gasteiger partial charge in [0.1, 0.15) is 0 Å². The van der Waals surface area contributed by atoms with Gasteiger partial charge < -0.3 is 4.90 Å². The summed E-state index contributed by atoms with van der Waals surface area (Å²) in [4.78, 5) is 2.58. The number of rotatable bonds is 4. The molecule has 0 saturated heterocycles. The first-order valence-electron chi connectivity index (χ1n) is 6.51. The molecule has 1 heterocycles. The van der Waals surface area contributed by atoms with E-state index in [0.29, 0.717) is 6.04 Å². The summed E-state index contributed by atoms with van der Waals surface area (Å²) in [6, 6.07) is 9.47. The fraction of sp³-hybridized carbons (Fsp3) is 0.600. The summed E-state index contributed by atoms with van der Waals surface area (Å²) in [5, 5.41) is 1.11. The van der Waals surface area contributed by atoms with Gasteiger partial charge in [0.15, 0.2) is 0 Å². The minimum absolute atomic E-state index is 0.269. The summed E-state index contributed by atoms with van der Waals surface area (Å²) in [6.07, 6.45) is 2.52. The second-order valence-corrected chi connectivity index (χ2v) is 6.30. The summed E-state index contributed by atoms with van der Waals surface area (Å²) in [5.41, 5.74) is 3.22. The van der Waals surface area contributed by atoms with Gasteiger partial charge >= 0.3 is 0 Å². The Bertz CT molecular complexity index is 386. The Labute approximate surface area is 113 Å². The molecule has 17 heavy (non-hydrogen) atoms. The number of benzene rings is 1. The van der Waals surface area contributed by atoms with Gasteiger partial charge in [-0.15, -0.1) is 0 Å². The maximum absolute atomic E-state index is 3.51. The number of hydrogen-bond donors (Lipinski definition) is 0. The largest absolute Gasteiger partial charge is 0.368 e. The van der Waals surface area contributed by atoms with Crippen LogP contribution in [-0.4, -0.2) is 17.9 Å². The van der Waals surface area contributed by atoms with Crippen LogP contribution in [0.4, 0.5) is 5.69 Å². The number of nitrogens with zero attached hydrogens (tertiary/aromatic N) is 1. The third-order valence-electron chi connectivity index (χ3n) is 4.20. The Balaban J connectivity index is 2.23. The molecule has 1 aromatic carbocycles. The molecule has 0 aliphatic carbocycles. The summed E-state index contributed by atoms with van der Waals surface area (Å²) >= 11 is 3.51. The van der Waals surface area contributed by atoms with Gasteiger partial charge in [0, 0.05) is 29.0 Å². The third kappa shape index (κ3) is 2.24. The topological polar surface area (TPSA) is 3.24 Å². The summed E-state index contributed by atoms with van der Waals surface area (Å²) in [5.74, 6) is 0. The lowest BCUT2D eigenvalue weighted by Gasteiger charge is -2.31. The normalized spacial score (nSPS) is 21.6. The van der Waals surface area contributed by atoms with Gasteiger partial charge in [0.2, 0.25) is 0 Å². The van der Waals surface area contributed by atoms with Crippen molar-refractivity contribution in [3.8, 4) is 0 Å². The van der Waals surface area contributed by atoms with Crippen molar-refractivity contribution < 1.29 is 0 Å². The van der Waals surface area contributed by atoms with E-state index < -0.39 is 0 Å². The SMILES string of the molecule is CC1N(CCCCBr)c2ccccc2C1(C)C. The molecule has 0 aromatic heterocycles. The average molecular weight is 296 g/mol. The average Bonchev–Trinajstić information content (AvgIpc) is 2.51. The first-order valence-corrected chi connectivity index (χ1v) is 7.63. The molecule has 1 nitrogen and oxygen atoms in total. The van der Waals surface area contributed by atoms with Crippen LogP contribution in [0.25, 0.3) is 0 Å². The minimum Gasteiger partial charge on any atom is -0.368 e. The number of halogens is 1. The lowest BCUT2D eigenvalue weighted by Crippen LogP contribution is -2.39. The Morgan fingerprint density at radius 1 is 1.24 bits per heavy atom. The highest BCUT2D eigenvalue weighted by atomic mass is 79.9. The van der Waals surface area contributed by atoms with E-state index in [1.165, 1.54) is 30.6 Å². The molecule has 2 heteroatoms. The van der Waals surface area contributed by atoms with Crippen LogP contribution in [-0.2, 0) is 5.41 Å². The van der Waals surface area contributed by atoms with Crippen LogP contribution < -0.4 is 4.90 Å². The first kappa shape index (κ1) is 12.9. The Hall–Kier alpha value is -0.500. The monoisotopic (exact) mass is 295 g/mol. The van der Waals surface area contributed by atoms with Crippen LogP contribution in [0.1, 0.15) is 39.2 Å². The smallest absolute Gasteiger partial charge is 0.0407 e. The van der Waals surface area contributed by atoms with Crippen molar-refractivity contribution in [2.45, 2.75) is 45.1 Å². The zero-order valence-corrected chi connectivity index (χ0v) is 12.6. The summed E-state index contributed by atoms with van der Waals surface area (Å²) in [6.45, 7) is 8.25. The van der Waals surface area contributed by atoms with Crippen molar-refractivity contribution in [2.75, 3.05) is 16.8 Å². The maximum atomic E-state index is 3.51. The molecule has 0 N–H and O–H groups in total. The van der Waals surface area contributed by atoms with Crippen molar-refractivity contribution in [3.63, 3.8) is 0 Å². The third-order valence-corrected chi connectivity index (χ3v) is 4.76. The van der Waals surface area contributed by atoms with Crippen LogP contribution in [0.15, 0.2) is 24.3 Å². The number of alkyl halides is 1. The van der Waals surface area contributed by atoms with Crippen LogP contribution in [0.3, 0.4) is 0 Å². The van der Waals surface area contributed by atoms with E-state index >= 15 is 0 Å². The minimum atomic E-state index is 0.269. The van der Waals surface area contributed by atoms with Crippen molar-refractivity contribution in [2.24, 2.45) is 0 Å². The molecule has 0 spiro atoms. The van der Waals surface area contributed by atoms with Gasteiger partial charge in [0.05, 0.1) is 0 Å². The molecule has 1 aliphatic rings.